The summed E-state index contributed by atoms with van der Waals surface area (Å²) in [6.07, 6.45) is 0.244. The SMILES string of the molecule is Fc1ccc(CC(Cl)c2cc3ccccc3o2)c(F)c1. The van der Waals surface area contributed by atoms with E-state index >= 15 is 0 Å². The first-order valence-electron chi connectivity index (χ1n) is 6.20. The van der Waals surface area contributed by atoms with Crippen LogP contribution >= 0.6 is 11.6 Å². The average Bonchev–Trinajstić information content (AvgIpc) is 2.86. The number of alkyl halides is 1. The van der Waals surface area contributed by atoms with Crippen LogP contribution in [-0.4, -0.2) is 0 Å². The van der Waals surface area contributed by atoms with Gasteiger partial charge < -0.3 is 4.42 Å². The number of para-hydroxylation sites is 1. The van der Waals surface area contributed by atoms with E-state index in [-0.39, 0.29) is 6.42 Å². The van der Waals surface area contributed by atoms with Crippen molar-refractivity contribution in [2.75, 3.05) is 0 Å². The lowest BCUT2D eigenvalue weighted by Crippen LogP contribution is -1.98. The second-order valence-corrected chi connectivity index (χ2v) is 5.12. The van der Waals surface area contributed by atoms with Crippen LogP contribution in [0.25, 0.3) is 11.0 Å². The van der Waals surface area contributed by atoms with Crippen molar-refractivity contribution in [2.45, 2.75) is 11.8 Å². The molecule has 0 radical (unpaired) electrons. The van der Waals surface area contributed by atoms with E-state index < -0.39 is 17.0 Å². The van der Waals surface area contributed by atoms with Crippen molar-refractivity contribution in [3.05, 3.63) is 71.5 Å². The Morgan fingerprint density at radius 3 is 2.60 bits per heavy atom. The molecule has 0 saturated carbocycles. The van der Waals surface area contributed by atoms with Gasteiger partial charge in [-0.05, 0) is 30.2 Å². The van der Waals surface area contributed by atoms with Crippen LogP contribution in [-0.2, 0) is 6.42 Å². The summed E-state index contributed by atoms with van der Waals surface area (Å²) in [5, 5.41) is 0.454. The van der Waals surface area contributed by atoms with Crippen LogP contribution in [0.5, 0.6) is 0 Å². The third-order valence-electron chi connectivity index (χ3n) is 3.17. The maximum absolute atomic E-state index is 13.6. The Morgan fingerprint density at radius 2 is 1.85 bits per heavy atom. The summed E-state index contributed by atoms with van der Waals surface area (Å²) < 4.78 is 32.1. The summed E-state index contributed by atoms with van der Waals surface area (Å²) in [7, 11) is 0. The molecule has 0 spiro atoms. The Balaban J connectivity index is 1.86. The van der Waals surface area contributed by atoms with Gasteiger partial charge in [-0.3, -0.25) is 0 Å². The van der Waals surface area contributed by atoms with E-state index in [4.69, 9.17) is 16.0 Å². The monoisotopic (exact) mass is 292 g/mol. The molecule has 1 nitrogen and oxygen atoms in total. The molecule has 102 valence electrons. The Hall–Kier alpha value is -1.87. The Bertz CT molecular complexity index is 718. The lowest BCUT2D eigenvalue weighted by Gasteiger charge is -2.07. The third kappa shape index (κ3) is 2.54. The zero-order chi connectivity index (χ0) is 14.1. The van der Waals surface area contributed by atoms with E-state index in [1.54, 1.807) is 0 Å². The third-order valence-corrected chi connectivity index (χ3v) is 3.54. The molecule has 0 aliphatic rings. The van der Waals surface area contributed by atoms with Crippen LogP contribution < -0.4 is 0 Å². The first kappa shape index (κ1) is 13.1. The van der Waals surface area contributed by atoms with Gasteiger partial charge in [0.05, 0.1) is 5.38 Å². The highest BCUT2D eigenvalue weighted by Crippen LogP contribution is 2.31. The molecule has 1 atom stereocenters. The number of hydrogen-bond donors (Lipinski definition) is 0. The summed E-state index contributed by atoms with van der Waals surface area (Å²) in [5.41, 5.74) is 1.11. The van der Waals surface area contributed by atoms with Crippen molar-refractivity contribution in [1.29, 1.82) is 0 Å². The second-order valence-electron chi connectivity index (χ2n) is 4.59. The number of halogens is 3. The smallest absolute Gasteiger partial charge is 0.134 e. The van der Waals surface area contributed by atoms with E-state index in [1.807, 2.05) is 30.3 Å². The van der Waals surface area contributed by atoms with E-state index in [2.05, 4.69) is 0 Å². The molecule has 0 amide bonds. The quantitative estimate of drug-likeness (QED) is 0.602. The number of hydrogen-bond acceptors (Lipinski definition) is 1. The summed E-state index contributed by atoms with van der Waals surface area (Å²) >= 11 is 6.27. The highest BCUT2D eigenvalue weighted by molar-refractivity contribution is 6.20. The molecule has 1 unspecified atom stereocenters. The number of fused-ring (bicyclic) bond motifs is 1. The zero-order valence-corrected chi connectivity index (χ0v) is 11.2. The van der Waals surface area contributed by atoms with Gasteiger partial charge in [0, 0.05) is 11.5 Å². The van der Waals surface area contributed by atoms with Gasteiger partial charge >= 0.3 is 0 Å². The normalized spacial score (nSPS) is 12.8. The molecule has 0 fully saturated rings. The highest BCUT2D eigenvalue weighted by atomic mass is 35.5. The minimum atomic E-state index is -0.596. The molecule has 1 heterocycles. The zero-order valence-electron chi connectivity index (χ0n) is 10.4. The lowest BCUT2D eigenvalue weighted by molar-refractivity contribution is 0.530. The molecule has 1 aromatic heterocycles. The van der Waals surface area contributed by atoms with Crippen LogP contribution in [0.15, 0.2) is 52.9 Å². The molecule has 3 rings (SSSR count). The van der Waals surface area contributed by atoms with Crippen molar-refractivity contribution in [3.63, 3.8) is 0 Å². The minimum absolute atomic E-state index is 0.244. The maximum Gasteiger partial charge on any atom is 0.134 e. The average molecular weight is 293 g/mol. The van der Waals surface area contributed by atoms with Crippen LogP contribution in [0.4, 0.5) is 8.78 Å². The molecule has 0 saturated heterocycles. The molecule has 20 heavy (non-hydrogen) atoms. The topological polar surface area (TPSA) is 13.1 Å². The molecule has 0 aliphatic carbocycles. The molecular formula is C16H11ClF2O. The van der Waals surface area contributed by atoms with E-state index in [0.717, 1.165) is 17.0 Å². The predicted molar refractivity (Wildman–Crippen MR) is 74.9 cm³/mol. The summed E-state index contributed by atoms with van der Waals surface area (Å²) in [5.74, 6) is -0.607. The number of furan rings is 1. The molecular weight excluding hydrogens is 282 g/mol. The highest BCUT2D eigenvalue weighted by Gasteiger charge is 2.16. The molecule has 2 aromatic carbocycles. The Labute approximate surface area is 119 Å². The molecule has 0 N–H and O–H groups in total. The van der Waals surface area contributed by atoms with E-state index in [9.17, 15) is 8.78 Å². The summed E-state index contributed by atoms with van der Waals surface area (Å²) in [4.78, 5) is 0. The van der Waals surface area contributed by atoms with E-state index in [1.165, 1.54) is 12.1 Å². The van der Waals surface area contributed by atoms with Crippen molar-refractivity contribution in [2.24, 2.45) is 0 Å². The summed E-state index contributed by atoms with van der Waals surface area (Å²) in [6, 6.07) is 12.9. The van der Waals surface area contributed by atoms with Gasteiger partial charge in [0.1, 0.15) is 23.0 Å². The van der Waals surface area contributed by atoms with Crippen molar-refractivity contribution in [3.8, 4) is 0 Å². The van der Waals surface area contributed by atoms with Gasteiger partial charge in [0.25, 0.3) is 0 Å². The van der Waals surface area contributed by atoms with Crippen molar-refractivity contribution < 1.29 is 13.2 Å². The second kappa shape index (κ2) is 5.25. The fourth-order valence-electron chi connectivity index (χ4n) is 2.14. The Morgan fingerprint density at radius 1 is 1.05 bits per heavy atom. The fourth-order valence-corrected chi connectivity index (χ4v) is 2.41. The van der Waals surface area contributed by atoms with Crippen molar-refractivity contribution >= 4 is 22.6 Å². The first-order chi connectivity index (χ1) is 9.63. The largest absolute Gasteiger partial charge is 0.459 e. The molecule has 4 heteroatoms. The van der Waals surface area contributed by atoms with Crippen LogP contribution in [0.2, 0.25) is 0 Å². The van der Waals surface area contributed by atoms with E-state index in [0.29, 0.717) is 11.3 Å². The van der Waals surface area contributed by atoms with Gasteiger partial charge in [-0.15, -0.1) is 11.6 Å². The number of rotatable bonds is 3. The van der Waals surface area contributed by atoms with Crippen LogP contribution in [0.3, 0.4) is 0 Å². The van der Waals surface area contributed by atoms with Gasteiger partial charge in [-0.2, -0.15) is 0 Å². The predicted octanol–water partition coefficient (Wildman–Crippen LogP) is 5.23. The van der Waals surface area contributed by atoms with Crippen molar-refractivity contribution in [1.82, 2.24) is 0 Å². The first-order valence-corrected chi connectivity index (χ1v) is 6.63. The summed E-state index contributed by atoms with van der Waals surface area (Å²) in [6.45, 7) is 0. The van der Waals surface area contributed by atoms with Gasteiger partial charge in [-0.25, -0.2) is 8.78 Å². The Kier molecular flexibility index (Phi) is 3.45. The molecule has 0 bridgehead atoms. The van der Waals surface area contributed by atoms with Gasteiger partial charge in [-0.1, -0.05) is 24.3 Å². The van der Waals surface area contributed by atoms with Crippen LogP contribution in [0, 0.1) is 11.6 Å². The maximum atomic E-state index is 13.6. The molecule has 3 aromatic rings. The minimum Gasteiger partial charge on any atom is -0.459 e. The fraction of sp³-hybridized carbons (Fsp3) is 0.125. The van der Waals surface area contributed by atoms with Gasteiger partial charge in [0.15, 0.2) is 0 Å². The number of benzene rings is 2. The standard InChI is InChI=1S/C16H11ClF2O/c17-13(7-10-5-6-12(18)9-14(10)19)16-8-11-3-1-2-4-15(11)20-16/h1-6,8-9,13H,7H2. The van der Waals surface area contributed by atoms with Gasteiger partial charge in [0.2, 0.25) is 0 Å². The molecule has 0 aliphatic heterocycles. The van der Waals surface area contributed by atoms with Crippen LogP contribution in [0.1, 0.15) is 16.7 Å². The lowest BCUT2D eigenvalue weighted by atomic mass is 10.1.